The normalized spacial score (nSPS) is 20.6. The first-order valence-corrected chi connectivity index (χ1v) is 46.5. The van der Waals surface area contributed by atoms with E-state index < -0.39 is 70.2 Å². The van der Waals surface area contributed by atoms with Crippen molar-refractivity contribution in [2.75, 3.05) is 17.6 Å². The minimum Gasteiger partial charge on any atom is -0.398 e. The summed E-state index contributed by atoms with van der Waals surface area (Å²) >= 11 is 0. The monoisotopic (exact) mass is 1820 g/mol. The largest absolute Gasteiger partial charge is 0.398 e. The van der Waals surface area contributed by atoms with Gasteiger partial charge in [0.2, 0.25) is 75.0 Å². The fraction of sp³-hybridized carbons (Fsp3) is 0.531. The Balaban J connectivity index is 0.000000269. The first-order valence-electron chi connectivity index (χ1n) is 45.1. The van der Waals surface area contributed by atoms with Crippen molar-refractivity contribution >= 4 is 121 Å². The van der Waals surface area contributed by atoms with E-state index in [1.165, 1.54) is 56.6 Å². The number of carbonyl (C=O) groups excluding carboxylic acids is 17. The lowest BCUT2D eigenvalue weighted by molar-refractivity contribution is -0.129. The van der Waals surface area contributed by atoms with Gasteiger partial charge >= 0.3 is 0 Å². The van der Waals surface area contributed by atoms with E-state index in [-0.39, 0.29) is 130 Å². The predicted octanol–water partition coefficient (Wildman–Crippen LogP) is 8.40. The van der Waals surface area contributed by atoms with Gasteiger partial charge in [-0.2, -0.15) is 4.72 Å². The molecule has 3 aliphatic carbocycles. The summed E-state index contributed by atoms with van der Waals surface area (Å²) in [4.78, 5) is 199. The third-order valence-corrected chi connectivity index (χ3v) is 24.1. The zero-order chi connectivity index (χ0) is 96.3. The Bertz CT molecular complexity index is 4680. The molecule has 0 radical (unpaired) electrons. The highest BCUT2D eigenvalue weighted by Crippen LogP contribution is 2.29. The van der Waals surface area contributed by atoms with E-state index in [0.29, 0.717) is 132 Å². The van der Waals surface area contributed by atoms with E-state index >= 15 is 0 Å². The molecular weight excluding hydrogens is 1690 g/mol. The molecule has 0 aromatic heterocycles. The number of Topliss-reactive ketones (excluding diaryl/α,β-unsaturated/α-hetero) is 5. The van der Waals surface area contributed by atoms with Gasteiger partial charge in [-0.1, -0.05) is 177 Å². The van der Waals surface area contributed by atoms with Crippen LogP contribution < -0.4 is 69.4 Å². The van der Waals surface area contributed by atoms with Crippen LogP contribution in [0.15, 0.2) is 145 Å². The third-order valence-electron chi connectivity index (χ3n) is 22.5. The first-order chi connectivity index (χ1) is 61.6. The molecule has 5 heterocycles. The molecule has 34 heteroatoms. The van der Waals surface area contributed by atoms with E-state index in [1.807, 2.05) is 64.1 Å². The summed E-state index contributed by atoms with van der Waals surface area (Å²) in [6, 6.07) is 17.2. The summed E-state index contributed by atoms with van der Waals surface area (Å²) in [5.41, 5.74) is 16.4. The zero-order valence-electron chi connectivity index (χ0n) is 76.4. The van der Waals surface area contributed by atoms with Crippen LogP contribution in [0.5, 0.6) is 0 Å². The number of sulfonamides is 1. The second-order valence-corrected chi connectivity index (χ2v) is 36.3. The van der Waals surface area contributed by atoms with Crippen LogP contribution in [0.25, 0.3) is 0 Å². The molecule has 0 spiro atoms. The molecule has 4 unspecified atom stereocenters. The van der Waals surface area contributed by atoms with Gasteiger partial charge in [-0.3, -0.25) is 81.5 Å². The number of benzene rings is 3. The number of nitrogens with two attached hydrogens (primary N) is 2. The number of amides is 12. The van der Waals surface area contributed by atoms with Crippen molar-refractivity contribution in [2.45, 2.75) is 313 Å². The first kappa shape index (κ1) is 109. The molecule has 11 rings (SSSR count). The molecule has 10 atom stereocenters. The van der Waals surface area contributed by atoms with Crippen LogP contribution >= 0.6 is 0 Å². The molecule has 130 heavy (non-hydrogen) atoms. The number of rotatable bonds is 33. The minimum absolute atomic E-state index is 0.0133. The van der Waals surface area contributed by atoms with Crippen LogP contribution in [0.4, 0.5) is 11.4 Å². The predicted molar refractivity (Wildman–Crippen MR) is 495 cm³/mol. The molecule has 7 fully saturated rings. The lowest BCUT2D eigenvalue weighted by atomic mass is 9.89. The molecule has 710 valence electrons. The summed E-state index contributed by atoms with van der Waals surface area (Å²) < 4.78 is 26.7. The summed E-state index contributed by atoms with van der Waals surface area (Å²) in [6.07, 6.45) is 24.1. The van der Waals surface area contributed by atoms with E-state index in [4.69, 9.17) is 11.5 Å². The highest BCUT2D eigenvalue weighted by atomic mass is 32.2. The summed E-state index contributed by atoms with van der Waals surface area (Å²) in [6.45, 7) is 31.5. The number of nitrogens with one attached hydrogen (secondary N) is 11. The summed E-state index contributed by atoms with van der Waals surface area (Å²) in [7, 11) is -3.81. The Morgan fingerprint density at radius 3 is 1.45 bits per heavy atom. The van der Waals surface area contributed by atoms with Gasteiger partial charge in [0.25, 0.3) is 5.91 Å². The SMILES string of the molecule is C=C1CCC(N2CC(=O)Nc3ccccc3C2=O)C(=O)C1.C=C1CCC(NC(=O)CCCCC)C(=O)C1.C=C1CCC(NS(=O)(=O)c2ccccc2N)C(=O)N1.C=CCCCCCCCCC(=O)NC1CCC(=C)CC1=O.CC(=O)[C@@H](NC(=O)[C@@H]1CCC(=O)N1)C(C)C.CC(=O)[C@H](CC(C)C)NC(=O)[C@@H]1CCC(=O)N1.NC(=O)[C@H](Cc1ccccc1)NC(=O)[C@@H]1CCC(=O)N1. The van der Waals surface area contributed by atoms with E-state index in [2.05, 4.69) is 97.7 Å². The number of hydrogen-bond donors (Lipinski definition) is 13. The van der Waals surface area contributed by atoms with Gasteiger partial charge in [0.15, 0.2) is 28.9 Å². The maximum Gasteiger partial charge on any atom is 0.257 e. The van der Waals surface area contributed by atoms with Gasteiger partial charge in [0, 0.05) is 63.5 Å². The number of piperidine rings is 1. The molecule has 5 aliphatic heterocycles. The topological polar surface area (TPSA) is 512 Å². The lowest BCUT2D eigenvalue weighted by Crippen LogP contribution is -2.51. The van der Waals surface area contributed by atoms with Crippen LogP contribution in [0, 0.1) is 11.8 Å². The van der Waals surface area contributed by atoms with Gasteiger partial charge < -0.3 is 69.5 Å². The quantitative estimate of drug-likeness (QED) is 0.0154. The van der Waals surface area contributed by atoms with Gasteiger partial charge in [0.05, 0.1) is 47.1 Å². The Morgan fingerprint density at radius 2 is 0.992 bits per heavy atom. The molecule has 8 aliphatic rings. The Kier molecular flexibility index (Phi) is 46.6. The minimum atomic E-state index is -3.81. The fourth-order valence-corrected chi connectivity index (χ4v) is 16.5. The van der Waals surface area contributed by atoms with Crippen LogP contribution in [0.2, 0.25) is 0 Å². The maximum atomic E-state index is 12.7. The lowest BCUT2D eigenvalue weighted by Gasteiger charge is -2.32. The summed E-state index contributed by atoms with van der Waals surface area (Å²) in [5.74, 6) is -2.26. The number of hydrogen-bond acceptors (Lipinski definition) is 20. The number of nitrogen functional groups attached to an aromatic ring is 1. The van der Waals surface area contributed by atoms with Crippen LogP contribution in [-0.4, -0.2) is 180 Å². The number of carbonyl (C=O) groups is 17. The average Bonchev–Trinajstić information content (AvgIpc) is 1.51. The van der Waals surface area contributed by atoms with Crippen molar-refractivity contribution in [1.29, 1.82) is 0 Å². The zero-order valence-corrected chi connectivity index (χ0v) is 77.3. The second kappa shape index (κ2) is 55.8. The van der Waals surface area contributed by atoms with Crippen LogP contribution in [0.3, 0.4) is 0 Å². The van der Waals surface area contributed by atoms with Gasteiger partial charge in [-0.25, -0.2) is 8.42 Å². The number of primary amides is 1. The molecule has 12 amide bonds. The molecule has 3 aromatic carbocycles. The Labute approximate surface area is 764 Å². The molecular formula is C96H136N14O19S. The van der Waals surface area contributed by atoms with Crippen molar-refractivity contribution in [2.24, 2.45) is 17.6 Å². The third kappa shape index (κ3) is 38.8. The number of ketones is 5. The highest BCUT2D eigenvalue weighted by Gasteiger charge is 2.39. The van der Waals surface area contributed by atoms with E-state index in [1.54, 1.807) is 36.4 Å². The van der Waals surface area contributed by atoms with Crippen LogP contribution in [0.1, 0.15) is 257 Å². The number of para-hydroxylation sites is 2. The number of anilines is 2. The van der Waals surface area contributed by atoms with E-state index in [0.717, 1.165) is 80.1 Å². The number of fused-ring (bicyclic) bond motifs is 1. The second-order valence-electron chi connectivity index (χ2n) is 34.6. The summed E-state index contributed by atoms with van der Waals surface area (Å²) in [5, 5.41) is 26.6. The van der Waals surface area contributed by atoms with Crippen molar-refractivity contribution in [3.8, 4) is 0 Å². The average molecular weight is 1820 g/mol. The van der Waals surface area contributed by atoms with Crippen molar-refractivity contribution in [3.63, 3.8) is 0 Å². The molecule has 3 saturated carbocycles. The highest BCUT2D eigenvalue weighted by molar-refractivity contribution is 7.89. The number of nitrogens with zero attached hydrogens (tertiary/aromatic N) is 1. The molecule has 33 nitrogen and oxygen atoms in total. The maximum absolute atomic E-state index is 12.7. The smallest absolute Gasteiger partial charge is 0.257 e. The number of unbranched alkanes of at least 4 members (excludes halogenated alkanes) is 8. The van der Waals surface area contributed by atoms with Gasteiger partial charge in [0.1, 0.15) is 41.6 Å². The van der Waals surface area contributed by atoms with Gasteiger partial charge in [-0.05, 0) is 158 Å². The standard InChI is InChI=1S/C18H29NO2.C16H16N2O3.C14H17N3O3.C13H21NO2.C12H15N3O3S.C12H20N2O3.C11H18N2O3/c1-3-4-5-6-7-8-9-10-11-18(21)19-16-13-12-15(2)14-17(16)20;1-10-6-7-13(14(19)8-10)18-9-15(20)17-12-5-3-2-4-11(12)16(18)21;15-13(19)11(8-9-4-2-1-3-5-9)17-14(20)10-6-7-12(18)16-10;1-3-4-5-6-13(16)14-11-8-7-10(2)9-12(11)15;1-8-6-7-10(12(16)14-8)15-19(17,18)11-5-3-2-4-9(11)13;1-7(2)6-10(8(3)15)14-12(17)9-4-5-11(16)13-9;1-6(2)10(7(3)14)13-11(16)8-4-5-9(15)12-8/h3,16H,1-2,4-14H2,(H,19,21);2-5,13H,1,6-9H2,(H,17,20);1-5,10-11H,6-8H2,(H2,15,19)(H,16,18)(H,17,20);11H,2-9H2,1H3,(H,14,16);2-5,10,15H,1,6-7,13H2,(H,14,16);7,9-10H,4-6H2,1-3H3,(H,13,16)(H,14,17);6,8,10H,4-5H2,1-3H3,(H,12,15)(H,13,16)/t;;10-,11-;;;9-,10-;8-,10-/m..0..00/s1. The molecule has 0 bridgehead atoms. The van der Waals surface area contributed by atoms with Crippen molar-refractivity contribution < 1.29 is 89.9 Å². The van der Waals surface area contributed by atoms with Crippen LogP contribution in [-0.2, 0) is 93.2 Å². The van der Waals surface area contributed by atoms with E-state index in [9.17, 15) is 89.9 Å². The van der Waals surface area contributed by atoms with Crippen molar-refractivity contribution in [1.82, 2.24) is 57.5 Å². The molecule has 4 saturated heterocycles. The Morgan fingerprint density at radius 1 is 0.523 bits per heavy atom. The van der Waals surface area contributed by atoms with Crippen molar-refractivity contribution in [3.05, 3.63) is 151 Å². The molecule has 15 N–H and O–H groups in total. The van der Waals surface area contributed by atoms with Gasteiger partial charge in [-0.15, -0.1) is 6.58 Å². The fourth-order valence-electron chi connectivity index (χ4n) is 15.2. The number of allylic oxidation sites excluding steroid dienone is 5. The Hall–Kier alpha value is -11.9. The molecule has 3 aromatic rings.